The van der Waals surface area contributed by atoms with Crippen molar-refractivity contribution in [1.29, 1.82) is 0 Å². The first-order valence-electron chi connectivity index (χ1n) is 6.99. The van der Waals surface area contributed by atoms with Crippen molar-refractivity contribution in [2.75, 3.05) is 31.1 Å². The Labute approximate surface area is 104 Å². The van der Waals surface area contributed by atoms with Gasteiger partial charge < -0.3 is 10.2 Å². The van der Waals surface area contributed by atoms with E-state index < -0.39 is 0 Å². The zero-order chi connectivity index (χ0) is 11.7. The van der Waals surface area contributed by atoms with Gasteiger partial charge in [0.25, 0.3) is 0 Å². The fourth-order valence-corrected chi connectivity index (χ4v) is 3.02. The standard InChI is InChI=1S/C15H22N2/c1-2-12-4-5-13-6-8-16-9-7-14(13)15(12)17-10-3-11-17/h4-5,16H,2-3,6-11H2,1H3. The van der Waals surface area contributed by atoms with Crippen molar-refractivity contribution in [2.24, 2.45) is 0 Å². The highest BCUT2D eigenvalue weighted by Crippen LogP contribution is 2.33. The number of nitrogens with zero attached hydrogens (tertiary/aromatic N) is 1. The van der Waals surface area contributed by atoms with Gasteiger partial charge in [-0.05, 0) is 55.5 Å². The Bertz CT molecular complexity index is 408. The van der Waals surface area contributed by atoms with Gasteiger partial charge in [-0.15, -0.1) is 0 Å². The zero-order valence-electron chi connectivity index (χ0n) is 10.8. The van der Waals surface area contributed by atoms with E-state index in [4.69, 9.17) is 0 Å². The maximum Gasteiger partial charge on any atom is 0.0434 e. The molecule has 0 aliphatic carbocycles. The molecule has 2 aliphatic heterocycles. The van der Waals surface area contributed by atoms with Crippen LogP contribution in [0.25, 0.3) is 0 Å². The fraction of sp³-hybridized carbons (Fsp3) is 0.600. The van der Waals surface area contributed by atoms with Gasteiger partial charge in [0.2, 0.25) is 0 Å². The van der Waals surface area contributed by atoms with Crippen LogP contribution in [-0.4, -0.2) is 26.2 Å². The number of anilines is 1. The van der Waals surface area contributed by atoms with Gasteiger partial charge >= 0.3 is 0 Å². The average molecular weight is 230 g/mol. The molecule has 0 saturated carbocycles. The van der Waals surface area contributed by atoms with Crippen LogP contribution < -0.4 is 10.2 Å². The predicted molar refractivity (Wildman–Crippen MR) is 72.9 cm³/mol. The van der Waals surface area contributed by atoms with Crippen molar-refractivity contribution in [3.63, 3.8) is 0 Å². The van der Waals surface area contributed by atoms with E-state index in [2.05, 4.69) is 29.3 Å². The van der Waals surface area contributed by atoms with E-state index in [1.54, 1.807) is 22.4 Å². The largest absolute Gasteiger partial charge is 0.371 e. The lowest BCUT2D eigenvalue weighted by Crippen LogP contribution is -2.38. The van der Waals surface area contributed by atoms with Crippen LogP contribution >= 0.6 is 0 Å². The second-order valence-electron chi connectivity index (χ2n) is 5.16. The summed E-state index contributed by atoms with van der Waals surface area (Å²) in [7, 11) is 0. The maximum absolute atomic E-state index is 3.52. The number of rotatable bonds is 2. The summed E-state index contributed by atoms with van der Waals surface area (Å²) in [5.74, 6) is 0. The number of benzene rings is 1. The van der Waals surface area contributed by atoms with Crippen molar-refractivity contribution < 1.29 is 0 Å². The molecular formula is C15H22N2. The van der Waals surface area contributed by atoms with E-state index in [9.17, 15) is 0 Å². The Kier molecular flexibility index (Phi) is 3.06. The highest BCUT2D eigenvalue weighted by Gasteiger charge is 2.22. The molecule has 1 aromatic rings. The molecule has 0 radical (unpaired) electrons. The number of hydrogen-bond acceptors (Lipinski definition) is 2. The van der Waals surface area contributed by atoms with Gasteiger partial charge in [0.15, 0.2) is 0 Å². The molecule has 92 valence electrons. The third-order valence-electron chi connectivity index (χ3n) is 4.14. The summed E-state index contributed by atoms with van der Waals surface area (Å²) < 4.78 is 0. The molecule has 0 amide bonds. The molecule has 2 aliphatic rings. The van der Waals surface area contributed by atoms with E-state index >= 15 is 0 Å². The van der Waals surface area contributed by atoms with Crippen molar-refractivity contribution in [1.82, 2.24) is 5.32 Å². The molecule has 2 heterocycles. The smallest absolute Gasteiger partial charge is 0.0434 e. The molecule has 2 heteroatoms. The molecule has 17 heavy (non-hydrogen) atoms. The Morgan fingerprint density at radius 3 is 2.71 bits per heavy atom. The SMILES string of the molecule is CCc1ccc2c(c1N1CCC1)CCNCC2. The highest BCUT2D eigenvalue weighted by atomic mass is 15.2. The van der Waals surface area contributed by atoms with Gasteiger partial charge in [0.05, 0.1) is 0 Å². The molecule has 2 nitrogen and oxygen atoms in total. The Hall–Kier alpha value is -1.02. The van der Waals surface area contributed by atoms with E-state index in [1.807, 2.05) is 0 Å². The first-order chi connectivity index (χ1) is 8.40. The summed E-state index contributed by atoms with van der Waals surface area (Å²) in [6.45, 7) is 7.08. The molecule has 3 rings (SSSR count). The topological polar surface area (TPSA) is 15.3 Å². The summed E-state index contributed by atoms with van der Waals surface area (Å²) in [4.78, 5) is 2.59. The van der Waals surface area contributed by atoms with Crippen LogP contribution in [0.4, 0.5) is 5.69 Å². The maximum atomic E-state index is 3.52. The van der Waals surface area contributed by atoms with E-state index in [1.165, 1.54) is 32.4 Å². The monoisotopic (exact) mass is 230 g/mol. The minimum absolute atomic E-state index is 1.14. The normalized spacial score (nSPS) is 19.5. The van der Waals surface area contributed by atoms with E-state index in [-0.39, 0.29) is 0 Å². The predicted octanol–water partition coefficient (Wildman–Crippen LogP) is 2.15. The molecule has 1 N–H and O–H groups in total. The van der Waals surface area contributed by atoms with E-state index in [0.29, 0.717) is 0 Å². The lowest BCUT2D eigenvalue weighted by molar-refractivity contribution is 0.611. The molecular weight excluding hydrogens is 208 g/mol. The summed E-state index contributed by atoms with van der Waals surface area (Å²) in [6, 6.07) is 4.72. The molecule has 1 aromatic carbocycles. The first kappa shape index (κ1) is 11.1. The van der Waals surface area contributed by atoms with Crippen LogP contribution in [0.2, 0.25) is 0 Å². The minimum Gasteiger partial charge on any atom is -0.371 e. The van der Waals surface area contributed by atoms with Crippen LogP contribution in [0.5, 0.6) is 0 Å². The van der Waals surface area contributed by atoms with Crippen LogP contribution in [0.15, 0.2) is 12.1 Å². The number of fused-ring (bicyclic) bond motifs is 1. The molecule has 1 fully saturated rings. The Balaban J connectivity index is 2.06. The summed E-state index contributed by atoms with van der Waals surface area (Å²) >= 11 is 0. The molecule has 1 saturated heterocycles. The van der Waals surface area contributed by atoms with Gasteiger partial charge in [0.1, 0.15) is 0 Å². The van der Waals surface area contributed by atoms with Crippen LogP contribution in [0.3, 0.4) is 0 Å². The zero-order valence-corrected chi connectivity index (χ0v) is 10.8. The van der Waals surface area contributed by atoms with Crippen molar-refractivity contribution in [3.05, 3.63) is 28.8 Å². The van der Waals surface area contributed by atoms with Gasteiger partial charge in [-0.1, -0.05) is 19.1 Å². The lowest BCUT2D eigenvalue weighted by atomic mass is 9.94. The molecule has 0 aromatic heterocycles. The average Bonchev–Trinajstić information content (AvgIpc) is 2.52. The van der Waals surface area contributed by atoms with Crippen LogP contribution in [-0.2, 0) is 19.3 Å². The highest BCUT2D eigenvalue weighted by molar-refractivity contribution is 5.64. The molecule has 0 unspecified atom stereocenters. The number of hydrogen-bond donors (Lipinski definition) is 1. The lowest BCUT2D eigenvalue weighted by Gasteiger charge is -2.37. The third-order valence-corrected chi connectivity index (χ3v) is 4.14. The van der Waals surface area contributed by atoms with Crippen molar-refractivity contribution in [2.45, 2.75) is 32.6 Å². The quantitative estimate of drug-likeness (QED) is 0.837. The second-order valence-corrected chi connectivity index (χ2v) is 5.16. The van der Waals surface area contributed by atoms with Gasteiger partial charge in [-0.3, -0.25) is 0 Å². The van der Waals surface area contributed by atoms with Gasteiger partial charge in [-0.2, -0.15) is 0 Å². The summed E-state index contributed by atoms with van der Waals surface area (Å²) in [5.41, 5.74) is 6.34. The summed E-state index contributed by atoms with van der Waals surface area (Å²) in [5, 5.41) is 3.52. The molecule has 0 atom stereocenters. The number of aryl methyl sites for hydroxylation is 1. The number of nitrogens with one attached hydrogen (secondary N) is 1. The van der Waals surface area contributed by atoms with Crippen LogP contribution in [0.1, 0.15) is 30.0 Å². The third kappa shape index (κ3) is 1.95. The second kappa shape index (κ2) is 4.69. The van der Waals surface area contributed by atoms with Gasteiger partial charge in [-0.25, -0.2) is 0 Å². The fourth-order valence-electron chi connectivity index (χ4n) is 3.02. The van der Waals surface area contributed by atoms with Crippen molar-refractivity contribution in [3.8, 4) is 0 Å². The first-order valence-corrected chi connectivity index (χ1v) is 6.99. The van der Waals surface area contributed by atoms with Crippen molar-refractivity contribution >= 4 is 5.69 Å². The Morgan fingerprint density at radius 1 is 1.18 bits per heavy atom. The van der Waals surface area contributed by atoms with E-state index in [0.717, 1.165) is 19.5 Å². The Morgan fingerprint density at radius 2 is 2.00 bits per heavy atom. The summed E-state index contributed by atoms with van der Waals surface area (Å²) in [6.07, 6.45) is 4.92. The molecule has 0 bridgehead atoms. The minimum atomic E-state index is 1.14. The molecule has 0 spiro atoms. The van der Waals surface area contributed by atoms with Gasteiger partial charge in [0, 0.05) is 18.8 Å². The van der Waals surface area contributed by atoms with Crippen LogP contribution in [0, 0.1) is 0 Å².